The molecule has 1 fully saturated rings. The van der Waals surface area contributed by atoms with Crippen LogP contribution < -0.4 is 10.1 Å². The molecule has 1 aliphatic rings. The van der Waals surface area contributed by atoms with Crippen molar-refractivity contribution in [2.45, 2.75) is 32.7 Å². The van der Waals surface area contributed by atoms with Crippen LogP contribution in [0.3, 0.4) is 0 Å². The highest BCUT2D eigenvalue weighted by Gasteiger charge is 2.35. The zero-order chi connectivity index (χ0) is 16.4. The molecule has 23 heavy (non-hydrogen) atoms. The van der Waals surface area contributed by atoms with Gasteiger partial charge in [-0.3, -0.25) is 9.78 Å². The molecule has 2 aromatic rings. The lowest BCUT2D eigenvalue weighted by atomic mass is 10.0. The van der Waals surface area contributed by atoms with Crippen molar-refractivity contribution in [2.75, 3.05) is 7.11 Å². The summed E-state index contributed by atoms with van der Waals surface area (Å²) in [4.78, 5) is 17.2. The van der Waals surface area contributed by atoms with E-state index < -0.39 is 0 Å². The van der Waals surface area contributed by atoms with Crippen LogP contribution in [0, 0.1) is 19.8 Å². The molecule has 0 radical (unpaired) electrons. The third kappa shape index (κ3) is 3.36. The Labute approximate surface area is 136 Å². The van der Waals surface area contributed by atoms with Crippen molar-refractivity contribution in [3.63, 3.8) is 0 Å². The molecule has 1 saturated carbocycles. The van der Waals surface area contributed by atoms with Crippen LogP contribution >= 0.6 is 0 Å². The molecule has 1 atom stereocenters. The summed E-state index contributed by atoms with van der Waals surface area (Å²) in [5.41, 5.74) is 3.71. The largest absolute Gasteiger partial charge is 0.496 e. The third-order valence-electron chi connectivity index (χ3n) is 4.33. The van der Waals surface area contributed by atoms with Crippen LogP contribution in [-0.4, -0.2) is 18.0 Å². The summed E-state index contributed by atoms with van der Waals surface area (Å²) in [6.07, 6.45) is 4.05. The van der Waals surface area contributed by atoms with E-state index in [1.54, 1.807) is 13.3 Å². The van der Waals surface area contributed by atoms with Crippen molar-refractivity contribution in [1.82, 2.24) is 10.3 Å². The molecular formula is C19H22N2O2. The zero-order valence-corrected chi connectivity index (χ0v) is 13.8. The highest BCUT2D eigenvalue weighted by molar-refractivity contribution is 5.97. The van der Waals surface area contributed by atoms with E-state index in [1.165, 1.54) is 0 Å². The molecule has 0 unspecified atom stereocenters. The van der Waals surface area contributed by atoms with Gasteiger partial charge in [-0.25, -0.2) is 0 Å². The lowest BCUT2D eigenvalue weighted by Crippen LogP contribution is -2.31. The predicted molar refractivity (Wildman–Crippen MR) is 89.6 cm³/mol. The number of amides is 1. The Kier molecular flexibility index (Phi) is 4.33. The van der Waals surface area contributed by atoms with E-state index in [9.17, 15) is 4.79 Å². The fraction of sp³-hybridized carbons (Fsp3) is 0.368. The van der Waals surface area contributed by atoms with Crippen LogP contribution in [0.1, 0.15) is 46.1 Å². The number of hydrogen-bond donors (Lipinski definition) is 1. The summed E-state index contributed by atoms with van der Waals surface area (Å²) in [7, 11) is 1.59. The molecule has 120 valence electrons. The van der Waals surface area contributed by atoms with Crippen molar-refractivity contribution >= 4 is 5.91 Å². The van der Waals surface area contributed by atoms with Gasteiger partial charge in [-0.05, 0) is 61.9 Å². The molecule has 1 amide bonds. The number of aryl methyl sites for hydroxylation is 2. The summed E-state index contributed by atoms with van der Waals surface area (Å²) in [6.45, 7) is 4.02. The van der Waals surface area contributed by atoms with E-state index >= 15 is 0 Å². The maximum atomic E-state index is 12.7. The normalized spacial score (nSPS) is 15.1. The summed E-state index contributed by atoms with van der Waals surface area (Å²) in [6, 6.07) is 9.56. The van der Waals surface area contributed by atoms with Crippen molar-refractivity contribution in [3.05, 3.63) is 58.9 Å². The van der Waals surface area contributed by atoms with Gasteiger partial charge >= 0.3 is 0 Å². The standard InChI is InChI=1S/C19H22N2O2/c1-12-6-9-15(16(11-12)23-3)19(22)21-18(14-7-8-14)17-13(2)5-4-10-20-17/h4-6,9-11,14,18H,7-8H2,1-3H3,(H,21,22)/t18-/m0/s1. The molecule has 4 heteroatoms. The summed E-state index contributed by atoms with van der Waals surface area (Å²) in [5, 5.41) is 3.17. The molecule has 0 spiro atoms. The number of hydrogen-bond acceptors (Lipinski definition) is 3. The maximum Gasteiger partial charge on any atom is 0.255 e. The second-order valence-corrected chi connectivity index (χ2v) is 6.20. The van der Waals surface area contributed by atoms with Crippen LogP contribution in [0.2, 0.25) is 0 Å². The van der Waals surface area contributed by atoms with Crippen LogP contribution in [0.4, 0.5) is 0 Å². The van der Waals surface area contributed by atoms with E-state index in [4.69, 9.17) is 4.74 Å². The van der Waals surface area contributed by atoms with Crippen molar-refractivity contribution in [3.8, 4) is 5.75 Å². The molecular weight excluding hydrogens is 288 g/mol. The number of nitrogens with one attached hydrogen (secondary N) is 1. The molecule has 1 aliphatic carbocycles. The second-order valence-electron chi connectivity index (χ2n) is 6.20. The van der Waals surface area contributed by atoms with Crippen LogP contribution in [-0.2, 0) is 0 Å². The molecule has 0 bridgehead atoms. The number of benzene rings is 1. The summed E-state index contributed by atoms with van der Waals surface area (Å²) >= 11 is 0. The number of aromatic nitrogens is 1. The Morgan fingerprint density at radius 3 is 2.74 bits per heavy atom. The molecule has 4 nitrogen and oxygen atoms in total. The first-order valence-corrected chi connectivity index (χ1v) is 7.97. The van der Waals surface area contributed by atoms with Gasteiger partial charge in [0.05, 0.1) is 24.4 Å². The highest BCUT2D eigenvalue weighted by Crippen LogP contribution is 2.41. The lowest BCUT2D eigenvalue weighted by molar-refractivity contribution is 0.0927. The number of ether oxygens (including phenoxy) is 1. The number of carbonyl (C=O) groups excluding carboxylic acids is 1. The van der Waals surface area contributed by atoms with E-state index in [-0.39, 0.29) is 11.9 Å². The smallest absolute Gasteiger partial charge is 0.255 e. The van der Waals surface area contributed by atoms with Crippen molar-refractivity contribution < 1.29 is 9.53 Å². The van der Waals surface area contributed by atoms with E-state index in [1.807, 2.05) is 44.2 Å². The number of nitrogens with zero attached hydrogens (tertiary/aromatic N) is 1. The van der Waals surface area contributed by atoms with Crippen LogP contribution in [0.5, 0.6) is 5.75 Å². The predicted octanol–water partition coefficient (Wildman–Crippen LogP) is 3.59. The van der Waals surface area contributed by atoms with Gasteiger partial charge in [0.15, 0.2) is 0 Å². The van der Waals surface area contributed by atoms with Gasteiger partial charge in [0.2, 0.25) is 0 Å². The average molecular weight is 310 g/mol. The van der Waals surface area contributed by atoms with Gasteiger partial charge in [0, 0.05) is 6.20 Å². The minimum absolute atomic E-state index is 0.0327. The van der Waals surface area contributed by atoms with Crippen LogP contribution in [0.15, 0.2) is 36.5 Å². The van der Waals surface area contributed by atoms with Gasteiger partial charge in [-0.1, -0.05) is 12.1 Å². The summed E-state index contributed by atoms with van der Waals surface area (Å²) in [5.74, 6) is 0.975. The molecule has 3 rings (SSSR count). The third-order valence-corrected chi connectivity index (χ3v) is 4.33. The quantitative estimate of drug-likeness (QED) is 0.918. The lowest BCUT2D eigenvalue weighted by Gasteiger charge is -2.20. The Morgan fingerprint density at radius 2 is 2.09 bits per heavy atom. The minimum Gasteiger partial charge on any atom is -0.496 e. The van der Waals surface area contributed by atoms with E-state index in [2.05, 4.69) is 10.3 Å². The highest BCUT2D eigenvalue weighted by atomic mass is 16.5. The Balaban J connectivity index is 1.87. The molecule has 1 aromatic carbocycles. The second kappa shape index (κ2) is 6.41. The minimum atomic E-state index is -0.108. The summed E-state index contributed by atoms with van der Waals surface area (Å²) < 4.78 is 5.36. The van der Waals surface area contributed by atoms with Crippen molar-refractivity contribution in [2.24, 2.45) is 5.92 Å². The van der Waals surface area contributed by atoms with E-state index in [0.717, 1.165) is 29.7 Å². The van der Waals surface area contributed by atoms with Crippen LogP contribution in [0.25, 0.3) is 0 Å². The SMILES string of the molecule is COc1cc(C)ccc1C(=O)N[C@H](c1ncccc1C)C1CC1. The monoisotopic (exact) mass is 310 g/mol. The van der Waals surface area contributed by atoms with Gasteiger partial charge in [0.1, 0.15) is 5.75 Å². The molecule has 0 aliphatic heterocycles. The fourth-order valence-corrected chi connectivity index (χ4v) is 2.87. The van der Waals surface area contributed by atoms with Gasteiger partial charge in [-0.15, -0.1) is 0 Å². The number of methoxy groups -OCH3 is 1. The first-order chi connectivity index (χ1) is 11.1. The topological polar surface area (TPSA) is 51.2 Å². The van der Waals surface area contributed by atoms with Gasteiger partial charge < -0.3 is 10.1 Å². The Morgan fingerprint density at radius 1 is 1.30 bits per heavy atom. The average Bonchev–Trinajstić information content (AvgIpc) is 3.38. The van der Waals surface area contributed by atoms with E-state index in [0.29, 0.717) is 17.2 Å². The van der Waals surface area contributed by atoms with Gasteiger partial charge in [0.25, 0.3) is 5.91 Å². The molecule has 1 N–H and O–H groups in total. The maximum absolute atomic E-state index is 12.7. The first kappa shape index (κ1) is 15.5. The first-order valence-electron chi connectivity index (χ1n) is 7.97. The van der Waals surface area contributed by atoms with Crippen molar-refractivity contribution in [1.29, 1.82) is 0 Å². The number of carbonyl (C=O) groups is 1. The zero-order valence-electron chi connectivity index (χ0n) is 13.8. The number of pyridine rings is 1. The van der Waals surface area contributed by atoms with Gasteiger partial charge in [-0.2, -0.15) is 0 Å². The molecule has 1 heterocycles. The molecule has 0 saturated heterocycles. The Bertz CT molecular complexity index is 723. The number of rotatable bonds is 5. The molecule has 1 aromatic heterocycles. The fourth-order valence-electron chi connectivity index (χ4n) is 2.87. The Hall–Kier alpha value is -2.36.